The molecule has 1 N–H and O–H groups in total. The SMILES string of the molecule is CC(C)c1cccc(C(C)C)c1NC(=O)CCCOc1ccccc1F. The molecule has 0 aliphatic rings. The van der Waals surface area contributed by atoms with Crippen molar-refractivity contribution in [1.29, 1.82) is 0 Å². The molecule has 26 heavy (non-hydrogen) atoms. The van der Waals surface area contributed by atoms with E-state index in [2.05, 4.69) is 45.1 Å². The van der Waals surface area contributed by atoms with Crippen LogP contribution in [0.15, 0.2) is 42.5 Å². The molecule has 0 unspecified atom stereocenters. The van der Waals surface area contributed by atoms with Crippen molar-refractivity contribution in [2.75, 3.05) is 11.9 Å². The highest BCUT2D eigenvalue weighted by Gasteiger charge is 2.15. The number of para-hydroxylation sites is 2. The number of carbonyl (C=O) groups is 1. The van der Waals surface area contributed by atoms with Crippen LogP contribution in [0.1, 0.15) is 63.5 Å². The minimum absolute atomic E-state index is 0.0443. The minimum atomic E-state index is -0.385. The van der Waals surface area contributed by atoms with Crippen molar-refractivity contribution in [3.05, 3.63) is 59.4 Å². The van der Waals surface area contributed by atoms with Gasteiger partial charge in [-0.05, 0) is 41.5 Å². The first-order valence-corrected chi connectivity index (χ1v) is 9.20. The molecule has 0 aromatic heterocycles. The summed E-state index contributed by atoms with van der Waals surface area (Å²) >= 11 is 0. The lowest BCUT2D eigenvalue weighted by atomic mass is 9.92. The number of anilines is 1. The normalized spacial score (nSPS) is 11.0. The fraction of sp³-hybridized carbons (Fsp3) is 0.409. The molecule has 0 saturated heterocycles. The van der Waals surface area contributed by atoms with E-state index >= 15 is 0 Å². The molecular formula is C22H28FNO2. The molecule has 0 fully saturated rings. The van der Waals surface area contributed by atoms with E-state index < -0.39 is 0 Å². The molecule has 140 valence electrons. The Hall–Kier alpha value is -2.36. The standard InChI is InChI=1S/C22H28FNO2/c1-15(2)17-9-7-10-18(16(3)4)22(17)24-21(25)13-8-14-26-20-12-6-5-11-19(20)23/h5-7,9-12,15-16H,8,13-14H2,1-4H3,(H,24,25). The van der Waals surface area contributed by atoms with E-state index in [-0.39, 0.29) is 17.5 Å². The predicted octanol–water partition coefficient (Wildman–Crippen LogP) is 5.87. The second-order valence-corrected chi connectivity index (χ2v) is 7.05. The molecule has 0 aliphatic carbocycles. The lowest BCUT2D eigenvalue weighted by molar-refractivity contribution is -0.116. The molecule has 0 atom stereocenters. The molecule has 4 heteroatoms. The van der Waals surface area contributed by atoms with Crippen molar-refractivity contribution in [2.24, 2.45) is 0 Å². The number of carbonyl (C=O) groups excluding carboxylic acids is 1. The van der Waals surface area contributed by atoms with Crippen LogP contribution in [0.4, 0.5) is 10.1 Å². The smallest absolute Gasteiger partial charge is 0.224 e. The molecule has 0 bridgehead atoms. The lowest BCUT2D eigenvalue weighted by Crippen LogP contribution is -2.16. The van der Waals surface area contributed by atoms with E-state index in [4.69, 9.17) is 4.74 Å². The third kappa shape index (κ3) is 5.32. The largest absolute Gasteiger partial charge is 0.491 e. The third-order valence-corrected chi connectivity index (χ3v) is 4.28. The topological polar surface area (TPSA) is 38.3 Å². The van der Waals surface area contributed by atoms with Gasteiger partial charge in [0.25, 0.3) is 0 Å². The average Bonchev–Trinajstić information content (AvgIpc) is 2.59. The summed E-state index contributed by atoms with van der Waals surface area (Å²) in [5, 5.41) is 3.08. The summed E-state index contributed by atoms with van der Waals surface area (Å²) in [6.45, 7) is 8.79. The van der Waals surface area contributed by atoms with Gasteiger partial charge in [0.2, 0.25) is 5.91 Å². The fourth-order valence-electron chi connectivity index (χ4n) is 2.87. The Morgan fingerprint density at radius 1 is 1.00 bits per heavy atom. The number of hydrogen-bond donors (Lipinski definition) is 1. The quantitative estimate of drug-likeness (QED) is 0.600. The monoisotopic (exact) mass is 357 g/mol. The number of halogens is 1. The first-order valence-electron chi connectivity index (χ1n) is 9.20. The summed E-state index contributed by atoms with van der Waals surface area (Å²) < 4.78 is 18.9. The molecule has 1 amide bonds. The van der Waals surface area contributed by atoms with Gasteiger partial charge in [-0.15, -0.1) is 0 Å². The van der Waals surface area contributed by atoms with Crippen LogP contribution >= 0.6 is 0 Å². The van der Waals surface area contributed by atoms with Gasteiger partial charge in [0.05, 0.1) is 6.61 Å². The highest BCUT2D eigenvalue weighted by molar-refractivity contribution is 5.92. The predicted molar refractivity (Wildman–Crippen MR) is 104 cm³/mol. The first kappa shape index (κ1) is 20.0. The fourth-order valence-corrected chi connectivity index (χ4v) is 2.87. The van der Waals surface area contributed by atoms with E-state index in [0.717, 1.165) is 16.8 Å². The Labute approximate surface area is 155 Å². The van der Waals surface area contributed by atoms with Gasteiger partial charge in [-0.3, -0.25) is 4.79 Å². The highest BCUT2D eigenvalue weighted by atomic mass is 19.1. The molecule has 2 aromatic carbocycles. The van der Waals surface area contributed by atoms with Crippen molar-refractivity contribution in [3.63, 3.8) is 0 Å². The molecule has 0 saturated carbocycles. The van der Waals surface area contributed by atoms with Crippen LogP contribution in [-0.4, -0.2) is 12.5 Å². The number of benzene rings is 2. The van der Waals surface area contributed by atoms with Crippen molar-refractivity contribution < 1.29 is 13.9 Å². The Morgan fingerprint density at radius 3 is 2.19 bits per heavy atom. The van der Waals surface area contributed by atoms with Gasteiger partial charge < -0.3 is 10.1 Å². The number of nitrogens with one attached hydrogen (secondary N) is 1. The second kappa shape index (κ2) is 9.37. The van der Waals surface area contributed by atoms with Crippen LogP contribution in [-0.2, 0) is 4.79 Å². The van der Waals surface area contributed by atoms with E-state index in [9.17, 15) is 9.18 Å². The van der Waals surface area contributed by atoms with Gasteiger partial charge in [-0.25, -0.2) is 4.39 Å². The van der Waals surface area contributed by atoms with Gasteiger partial charge in [0, 0.05) is 12.1 Å². The summed E-state index contributed by atoms with van der Waals surface area (Å²) in [7, 11) is 0. The van der Waals surface area contributed by atoms with E-state index in [1.165, 1.54) is 6.07 Å². The van der Waals surface area contributed by atoms with Crippen LogP contribution in [0.5, 0.6) is 5.75 Å². The second-order valence-electron chi connectivity index (χ2n) is 7.05. The molecular weight excluding hydrogens is 329 g/mol. The van der Waals surface area contributed by atoms with Gasteiger partial charge in [-0.2, -0.15) is 0 Å². The molecule has 0 heterocycles. The zero-order valence-electron chi connectivity index (χ0n) is 16.0. The Bertz CT molecular complexity index is 714. The van der Waals surface area contributed by atoms with Crippen molar-refractivity contribution in [1.82, 2.24) is 0 Å². The highest BCUT2D eigenvalue weighted by Crippen LogP contribution is 2.32. The van der Waals surface area contributed by atoms with Gasteiger partial charge in [-0.1, -0.05) is 58.0 Å². The Balaban J connectivity index is 1.94. The Kier molecular flexibility index (Phi) is 7.19. The lowest BCUT2D eigenvalue weighted by Gasteiger charge is -2.20. The van der Waals surface area contributed by atoms with Gasteiger partial charge in [0.15, 0.2) is 11.6 Å². The average molecular weight is 357 g/mol. The molecule has 2 aromatic rings. The zero-order valence-corrected chi connectivity index (χ0v) is 16.0. The molecule has 3 nitrogen and oxygen atoms in total. The number of amides is 1. The number of hydrogen-bond acceptors (Lipinski definition) is 2. The molecule has 0 aliphatic heterocycles. The summed E-state index contributed by atoms with van der Waals surface area (Å²) in [6, 6.07) is 12.5. The first-order chi connectivity index (χ1) is 12.4. The van der Waals surface area contributed by atoms with Crippen LogP contribution < -0.4 is 10.1 Å². The summed E-state index contributed by atoms with van der Waals surface area (Å²) in [6.07, 6.45) is 0.861. The van der Waals surface area contributed by atoms with Gasteiger partial charge in [0.1, 0.15) is 0 Å². The van der Waals surface area contributed by atoms with Crippen molar-refractivity contribution in [3.8, 4) is 5.75 Å². The van der Waals surface area contributed by atoms with Crippen molar-refractivity contribution in [2.45, 2.75) is 52.4 Å². The van der Waals surface area contributed by atoms with Gasteiger partial charge >= 0.3 is 0 Å². The van der Waals surface area contributed by atoms with Crippen LogP contribution in [0, 0.1) is 5.82 Å². The zero-order chi connectivity index (χ0) is 19.1. The van der Waals surface area contributed by atoms with Crippen LogP contribution in [0.3, 0.4) is 0 Å². The van der Waals surface area contributed by atoms with Crippen LogP contribution in [0.25, 0.3) is 0 Å². The number of ether oxygens (including phenoxy) is 1. The molecule has 0 radical (unpaired) electrons. The maximum atomic E-state index is 13.5. The number of rotatable bonds is 8. The van der Waals surface area contributed by atoms with E-state index in [1.54, 1.807) is 18.2 Å². The third-order valence-electron chi connectivity index (χ3n) is 4.28. The van der Waals surface area contributed by atoms with E-state index in [1.807, 2.05) is 6.07 Å². The van der Waals surface area contributed by atoms with E-state index in [0.29, 0.717) is 31.3 Å². The van der Waals surface area contributed by atoms with Crippen LogP contribution in [0.2, 0.25) is 0 Å². The maximum Gasteiger partial charge on any atom is 0.224 e. The summed E-state index contributed by atoms with van der Waals surface area (Å²) in [4.78, 5) is 12.4. The molecule has 2 rings (SSSR count). The van der Waals surface area contributed by atoms with Crippen molar-refractivity contribution >= 4 is 11.6 Å². The Morgan fingerprint density at radius 2 is 1.62 bits per heavy atom. The summed E-state index contributed by atoms with van der Waals surface area (Å²) in [5.74, 6) is 0.448. The maximum absolute atomic E-state index is 13.5. The minimum Gasteiger partial charge on any atom is -0.491 e. The summed E-state index contributed by atoms with van der Waals surface area (Å²) in [5.41, 5.74) is 3.22. The molecule has 0 spiro atoms.